The lowest BCUT2D eigenvalue weighted by Gasteiger charge is -2.14. The van der Waals surface area contributed by atoms with E-state index in [1.54, 1.807) is 60.7 Å². The van der Waals surface area contributed by atoms with Gasteiger partial charge in [-0.25, -0.2) is 4.98 Å². The largest absolute Gasteiger partial charge is 0.483 e. The summed E-state index contributed by atoms with van der Waals surface area (Å²) in [6.45, 7) is 3.88. The molecule has 1 heterocycles. The number of hydrogen-bond donors (Lipinski definition) is 2. The van der Waals surface area contributed by atoms with Crippen molar-refractivity contribution in [2.24, 2.45) is 0 Å². The van der Waals surface area contributed by atoms with Gasteiger partial charge in [-0.15, -0.1) is 0 Å². The summed E-state index contributed by atoms with van der Waals surface area (Å²) in [5.41, 5.74) is 2.43. The highest BCUT2D eigenvalue weighted by Gasteiger charge is 2.11. The van der Waals surface area contributed by atoms with Crippen LogP contribution in [0.3, 0.4) is 0 Å². The smallest absolute Gasteiger partial charge is 0.262 e. The first-order valence-corrected chi connectivity index (χ1v) is 8.60. The summed E-state index contributed by atoms with van der Waals surface area (Å²) in [5, 5.41) is 5.27. The summed E-state index contributed by atoms with van der Waals surface area (Å²) in [7, 11) is 1.55. The predicted molar refractivity (Wildman–Crippen MR) is 107 cm³/mol. The normalized spacial score (nSPS) is 10.2. The van der Waals surface area contributed by atoms with Crippen molar-refractivity contribution in [1.29, 1.82) is 0 Å². The number of anilines is 1. The van der Waals surface area contributed by atoms with Gasteiger partial charge in [0.25, 0.3) is 11.8 Å². The number of imidazole rings is 1. The molecule has 0 saturated heterocycles. The molecule has 3 rings (SSSR count). The fourth-order valence-electron chi connectivity index (χ4n) is 2.61. The lowest BCUT2D eigenvalue weighted by Crippen LogP contribution is -2.21. The number of amides is 2. The third kappa shape index (κ3) is 4.45. The number of rotatable bonds is 7. The lowest BCUT2D eigenvalue weighted by molar-refractivity contribution is -0.118. The van der Waals surface area contributed by atoms with Crippen LogP contribution in [0.5, 0.6) is 5.75 Å². The first-order chi connectivity index (χ1) is 13.6. The number of benzene rings is 2. The van der Waals surface area contributed by atoms with Gasteiger partial charge in [-0.3, -0.25) is 9.59 Å². The van der Waals surface area contributed by atoms with Crippen molar-refractivity contribution in [1.82, 2.24) is 14.9 Å². The minimum Gasteiger partial charge on any atom is -0.483 e. The van der Waals surface area contributed by atoms with Crippen molar-refractivity contribution < 1.29 is 14.3 Å². The topological polar surface area (TPSA) is 85.2 Å². The molecular weight excluding hydrogens is 356 g/mol. The molecule has 0 radical (unpaired) electrons. The van der Waals surface area contributed by atoms with Crippen LogP contribution in [0.2, 0.25) is 0 Å². The van der Waals surface area contributed by atoms with Gasteiger partial charge in [0.05, 0.1) is 12.0 Å². The lowest BCUT2D eigenvalue weighted by atomic mass is 10.1. The van der Waals surface area contributed by atoms with Gasteiger partial charge in [-0.2, -0.15) is 0 Å². The summed E-state index contributed by atoms with van der Waals surface area (Å²) in [6, 6.07) is 14.0. The van der Waals surface area contributed by atoms with E-state index in [2.05, 4.69) is 22.2 Å². The first kappa shape index (κ1) is 18.9. The van der Waals surface area contributed by atoms with Crippen LogP contribution in [0.25, 0.3) is 5.70 Å². The van der Waals surface area contributed by atoms with Gasteiger partial charge in [-0.05, 0) is 30.3 Å². The van der Waals surface area contributed by atoms with Gasteiger partial charge in [0.2, 0.25) is 0 Å². The van der Waals surface area contributed by atoms with Gasteiger partial charge in [0, 0.05) is 36.3 Å². The summed E-state index contributed by atoms with van der Waals surface area (Å²) >= 11 is 0. The van der Waals surface area contributed by atoms with Crippen molar-refractivity contribution in [2.75, 3.05) is 19.0 Å². The number of nitrogens with zero attached hydrogens (tertiary/aromatic N) is 2. The Hall–Kier alpha value is -3.87. The maximum atomic E-state index is 12.3. The minimum absolute atomic E-state index is 0.182. The molecule has 0 aliphatic carbocycles. The van der Waals surface area contributed by atoms with Gasteiger partial charge in [0.1, 0.15) is 5.75 Å². The molecular formula is C21H20N4O3. The van der Waals surface area contributed by atoms with Crippen LogP contribution in [0.15, 0.2) is 73.8 Å². The molecule has 0 spiro atoms. The van der Waals surface area contributed by atoms with Gasteiger partial charge in [-0.1, -0.05) is 24.8 Å². The molecule has 3 aromatic rings. The molecule has 0 aliphatic rings. The van der Waals surface area contributed by atoms with E-state index in [4.69, 9.17) is 4.74 Å². The molecule has 2 N–H and O–H groups in total. The SMILES string of the molecule is C=C(c1ccccc1OCC(=O)Nc1cccc(C(=O)NC)c1)n1ccnc1. The zero-order valence-corrected chi connectivity index (χ0v) is 15.4. The monoisotopic (exact) mass is 376 g/mol. The van der Waals surface area contributed by atoms with Crippen molar-refractivity contribution in [3.8, 4) is 5.75 Å². The number of nitrogens with one attached hydrogen (secondary N) is 2. The van der Waals surface area contributed by atoms with Crippen LogP contribution >= 0.6 is 0 Å². The third-order valence-corrected chi connectivity index (χ3v) is 4.01. The Morgan fingerprint density at radius 3 is 2.75 bits per heavy atom. The molecule has 0 saturated carbocycles. The van der Waals surface area contributed by atoms with E-state index in [0.717, 1.165) is 5.56 Å². The Labute approximate surface area is 162 Å². The minimum atomic E-state index is -0.336. The Bertz CT molecular complexity index is 996. The molecule has 7 heteroatoms. The Kier molecular flexibility index (Phi) is 5.86. The highest BCUT2D eigenvalue weighted by Crippen LogP contribution is 2.26. The van der Waals surface area contributed by atoms with Gasteiger partial charge < -0.3 is 19.9 Å². The molecule has 0 fully saturated rings. The molecule has 142 valence electrons. The molecule has 0 atom stereocenters. The van der Waals surface area contributed by atoms with Crippen molar-refractivity contribution in [3.05, 3.63) is 85.0 Å². The fraction of sp³-hybridized carbons (Fsp3) is 0.0952. The van der Waals surface area contributed by atoms with E-state index in [0.29, 0.717) is 22.7 Å². The van der Waals surface area contributed by atoms with Crippen LogP contribution in [-0.2, 0) is 4.79 Å². The second kappa shape index (κ2) is 8.68. The standard InChI is InChI=1S/C21H20N4O3/c1-15(25-11-10-23-14-25)18-8-3-4-9-19(18)28-13-20(26)24-17-7-5-6-16(12-17)21(27)22-2/h3-12,14H,1,13H2,2H3,(H,22,27)(H,24,26). The molecule has 7 nitrogen and oxygen atoms in total. The third-order valence-electron chi connectivity index (χ3n) is 4.01. The molecule has 0 unspecified atom stereocenters. The van der Waals surface area contributed by atoms with E-state index >= 15 is 0 Å². The quantitative estimate of drug-likeness (QED) is 0.664. The second-order valence-electron chi connectivity index (χ2n) is 5.91. The van der Waals surface area contributed by atoms with Gasteiger partial charge >= 0.3 is 0 Å². The maximum Gasteiger partial charge on any atom is 0.262 e. The highest BCUT2D eigenvalue weighted by molar-refractivity contribution is 5.97. The van der Waals surface area contributed by atoms with Crippen LogP contribution in [0.4, 0.5) is 5.69 Å². The fourth-order valence-corrected chi connectivity index (χ4v) is 2.61. The molecule has 1 aromatic heterocycles. The summed E-state index contributed by atoms with van der Waals surface area (Å²) in [5.74, 6) is -0.0214. The average Bonchev–Trinajstić information content (AvgIpc) is 3.26. The van der Waals surface area contributed by atoms with E-state index in [1.165, 1.54) is 0 Å². The molecule has 0 aliphatic heterocycles. The van der Waals surface area contributed by atoms with Crippen LogP contribution < -0.4 is 15.4 Å². The first-order valence-electron chi connectivity index (χ1n) is 8.60. The Morgan fingerprint density at radius 1 is 1.18 bits per heavy atom. The van der Waals surface area contributed by atoms with Crippen molar-refractivity contribution >= 4 is 23.2 Å². The van der Waals surface area contributed by atoms with E-state index in [-0.39, 0.29) is 18.4 Å². The zero-order chi connectivity index (χ0) is 19.9. The van der Waals surface area contributed by atoms with E-state index in [9.17, 15) is 9.59 Å². The summed E-state index contributed by atoms with van der Waals surface area (Å²) < 4.78 is 7.47. The predicted octanol–water partition coefficient (Wildman–Crippen LogP) is 2.78. The second-order valence-corrected chi connectivity index (χ2v) is 5.91. The van der Waals surface area contributed by atoms with Crippen LogP contribution in [0, 0.1) is 0 Å². The zero-order valence-electron chi connectivity index (χ0n) is 15.4. The average molecular weight is 376 g/mol. The highest BCUT2D eigenvalue weighted by atomic mass is 16.5. The number of para-hydroxylation sites is 1. The van der Waals surface area contributed by atoms with Crippen molar-refractivity contribution in [3.63, 3.8) is 0 Å². The van der Waals surface area contributed by atoms with Crippen molar-refractivity contribution in [2.45, 2.75) is 0 Å². The van der Waals surface area contributed by atoms with Crippen LogP contribution in [-0.4, -0.2) is 35.0 Å². The molecule has 2 aromatic carbocycles. The number of carbonyl (C=O) groups excluding carboxylic acids is 2. The number of aromatic nitrogens is 2. The molecule has 2 amide bonds. The Morgan fingerprint density at radius 2 is 2.00 bits per heavy atom. The summed E-state index contributed by atoms with van der Waals surface area (Å²) in [6.07, 6.45) is 5.09. The van der Waals surface area contributed by atoms with E-state index in [1.807, 2.05) is 18.2 Å². The van der Waals surface area contributed by atoms with Crippen LogP contribution in [0.1, 0.15) is 15.9 Å². The molecule has 28 heavy (non-hydrogen) atoms. The molecule has 0 bridgehead atoms. The maximum absolute atomic E-state index is 12.3. The number of carbonyl (C=O) groups is 2. The van der Waals surface area contributed by atoms with Gasteiger partial charge in [0.15, 0.2) is 6.61 Å². The van der Waals surface area contributed by atoms with E-state index < -0.39 is 0 Å². The number of hydrogen-bond acceptors (Lipinski definition) is 4. The number of ether oxygens (including phenoxy) is 1. The Balaban J connectivity index is 1.66. The summed E-state index contributed by atoms with van der Waals surface area (Å²) in [4.78, 5) is 28.0.